The summed E-state index contributed by atoms with van der Waals surface area (Å²) in [6.07, 6.45) is 1.92. The van der Waals surface area contributed by atoms with Crippen LogP contribution in [0.2, 0.25) is 0 Å². The monoisotopic (exact) mass is 202 g/mol. The maximum Gasteiger partial charge on any atom is 0.204 e. The lowest BCUT2D eigenvalue weighted by Gasteiger charge is -2.02. The van der Waals surface area contributed by atoms with Crippen molar-refractivity contribution in [3.63, 3.8) is 0 Å². The molecule has 0 atom stereocenters. The molecule has 1 rings (SSSR count). The largest absolute Gasteiger partial charge is 0.356 e. The Morgan fingerprint density at radius 1 is 1.58 bits per heavy atom. The van der Waals surface area contributed by atoms with Gasteiger partial charge in [0.25, 0.3) is 0 Å². The fraction of sp³-hybridized carbons (Fsp3) is 0.500. The SMILES string of the molecule is CCNc1nc(SC)nc(=S)[nH]1. The standard InChI is InChI=1S/C6H10N4S2/c1-3-7-4-8-5(11)10-6(9-4)12-2/h3H2,1-2H3,(H2,7,8,9,10,11). The Kier molecular flexibility index (Phi) is 3.48. The minimum absolute atomic E-state index is 0.463. The molecule has 12 heavy (non-hydrogen) atoms. The molecule has 1 heterocycles. The van der Waals surface area contributed by atoms with Crippen LogP contribution in [0.3, 0.4) is 0 Å². The molecule has 2 N–H and O–H groups in total. The van der Waals surface area contributed by atoms with Gasteiger partial charge in [-0.15, -0.1) is 0 Å². The molecule has 4 nitrogen and oxygen atoms in total. The van der Waals surface area contributed by atoms with Crippen molar-refractivity contribution >= 4 is 29.9 Å². The van der Waals surface area contributed by atoms with Gasteiger partial charge >= 0.3 is 0 Å². The van der Waals surface area contributed by atoms with Crippen molar-refractivity contribution in [3.05, 3.63) is 4.77 Å². The van der Waals surface area contributed by atoms with E-state index in [1.165, 1.54) is 11.8 Å². The van der Waals surface area contributed by atoms with Crippen LogP contribution in [0.15, 0.2) is 5.16 Å². The number of thioether (sulfide) groups is 1. The summed E-state index contributed by atoms with van der Waals surface area (Å²) in [6.45, 7) is 2.81. The van der Waals surface area contributed by atoms with E-state index in [1.807, 2.05) is 13.2 Å². The maximum atomic E-state index is 4.91. The number of aromatic nitrogens is 3. The highest BCUT2D eigenvalue weighted by atomic mass is 32.2. The highest BCUT2D eigenvalue weighted by Crippen LogP contribution is 2.08. The maximum absolute atomic E-state index is 4.91. The number of hydrogen-bond donors (Lipinski definition) is 2. The lowest BCUT2D eigenvalue weighted by atomic mass is 10.7. The van der Waals surface area contributed by atoms with Crippen molar-refractivity contribution in [3.8, 4) is 0 Å². The highest BCUT2D eigenvalue weighted by Gasteiger charge is 1.97. The summed E-state index contributed by atoms with van der Waals surface area (Å²) in [5, 5.41) is 3.73. The number of aromatic amines is 1. The molecule has 0 saturated heterocycles. The van der Waals surface area contributed by atoms with Crippen LogP contribution in [0.25, 0.3) is 0 Å². The Hall–Kier alpha value is -0.620. The van der Waals surface area contributed by atoms with Crippen molar-refractivity contribution in [1.29, 1.82) is 0 Å². The van der Waals surface area contributed by atoms with Gasteiger partial charge < -0.3 is 10.3 Å². The van der Waals surface area contributed by atoms with E-state index in [1.54, 1.807) is 0 Å². The third-order valence-electron chi connectivity index (χ3n) is 1.16. The van der Waals surface area contributed by atoms with Gasteiger partial charge in [-0.2, -0.15) is 9.97 Å². The number of hydrogen-bond acceptors (Lipinski definition) is 5. The predicted molar refractivity (Wildman–Crippen MR) is 53.2 cm³/mol. The third-order valence-corrected chi connectivity index (χ3v) is 1.90. The summed E-state index contributed by atoms with van der Waals surface area (Å²) in [5.74, 6) is 0.682. The second-order valence-electron chi connectivity index (χ2n) is 2.02. The summed E-state index contributed by atoms with van der Waals surface area (Å²) in [4.78, 5) is 11.0. The summed E-state index contributed by atoms with van der Waals surface area (Å²) in [7, 11) is 0. The number of rotatable bonds is 3. The first-order valence-corrected chi connectivity index (χ1v) is 5.15. The number of nitrogens with one attached hydrogen (secondary N) is 2. The predicted octanol–water partition coefficient (Wildman–Crippen LogP) is 1.69. The minimum Gasteiger partial charge on any atom is -0.356 e. The van der Waals surface area contributed by atoms with Gasteiger partial charge in [0.15, 0.2) is 5.16 Å². The first-order valence-electron chi connectivity index (χ1n) is 3.52. The molecule has 1 aromatic heterocycles. The molecule has 0 unspecified atom stereocenters. The van der Waals surface area contributed by atoms with E-state index in [4.69, 9.17) is 12.2 Å². The van der Waals surface area contributed by atoms with Crippen molar-refractivity contribution in [2.24, 2.45) is 0 Å². The van der Waals surface area contributed by atoms with Crippen molar-refractivity contribution < 1.29 is 0 Å². The molecule has 0 saturated carbocycles. The lowest BCUT2D eigenvalue weighted by molar-refractivity contribution is 0.886. The second-order valence-corrected chi connectivity index (χ2v) is 3.18. The van der Waals surface area contributed by atoms with E-state index < -0.39 is 0 Å². The van der Waals surface area contributed by atoms with Crippen LogP contribution in [0.1, 0.15) is 6.92 Å². The van der Waals surface area contributed by atoms with Crippen LogP contribution in [0.4, 0.5) is 5.95 Å². The van der Waals surface area contributed by atoms with Gasteiger partial charge in [-0.25, -0.2) is 0 Å². The highest BCUT2D eigenvalue weighted by molar-refractivity contribution is 7.98. The average Bonchev–Trinajstić information content (AvgIpc) is 2.04. The molecule has 0 bridgehead atoms. The van der Waals surface area contributed by atoms with Gasteiger partial charge in [-0.1, -0.05) is 11.8 Å². The molecule has 0 aliphatic rings. The smallest absolute Gasteiger partial charge is 0.204 e. The molecular weight excluding hydrogens is 192 g/mol. The number of nitrogens with zero attached hydrogens (tertiary/aromatic N) is 2. The van der Waals surface area contributed by atoms with Gasteiger partial charge in [0.05, 0.1) is 0 Å². The van der Waals surface area contributed by atoms with Gasteiger partial charge in [0.1, 0.15) is 0 Å². The topological polar surface area (TPSA) is 53.6 Å². The quantitative estimate of drug-likeness (QED) is 0.577. The van der Waals surface area contributed by atoms with Gasteiger partial charge in [0, 0.05) is 6.54 Å². The fourth-order valence-corrected chi connectivity index (χ4v) is 1.31. The lowest BCUT2D eigenvalue weighted by Crippen LogP contribution is -2.03. The molecule has 66 valence electrons. The van der Waals surface area contributed by atoms with E-state index in [9.17, 15) is 0 Å². The molecule has 1 aromatic rings. The Bertz CT molecular complexity index is 309. The zero-order valence-electron chi connectivity index (χ0n) is 6.92. The molecule has 0 aromatic carbocycles. The zero-order chi connectivity index (χ0) is 8.97. The molecule has 0 radical (unpaired) electrons. The molecule has 6 heteroatoms. The van der Waals surface area contributed by atoms with Crippen molar-refractivity contribution in [2.75, 3.05) is 18.1 Å². The number of H-pyrrole nitrogens is 1. The van der Waals surface area contributed by atoms with Gasteiger partial charge in [0.2, 0.25) is 10.7 Å². The van der Waals surface area contributed by atoms with Gasteiger partial charge in [-0.05, 0) is 25.4 Å². The number of anilines is 1. The van der Waals surface area contributed by atoms with Crippen molar-refractivity contribution in [2.45, 2.75) is 12.1 Å². The van der Waals surface area contributed by atoms with Crippen LogP contribution >= 0.6 is 24.0 Å². The van der Waals surface area contributed by atoms with E-state index >= 15 is 0 Å². The Morgan fingerprint density at radius 2 is 2.33 bits per heavy atom. The van der Waals surface area contributed by atoms with Crippen LogP contribution in [-0.2, 0) is 0 Å². The Balaban J connectivity index is 2.98. The van der Waals surface area contributed by atoms with E-state index in [-0.39, 0.29) is 0 Å². The van der Waals surface area contributed by atoms with Crippen LogP contribution in [-0.4, -0.2) is 27.8 Å². The molecule has 0 spiro atoms. The van der Waals surface area contributed by atoms with E-state index in [0.717, 1.165) is 6.54 Å². The zero-order valence-corrected chi connectivity index (χ0v) is 8.55. The second kappa shape index (κ2) is 4.42. The third kappa shape index (κ3) is 2.46. The summed E-state index contributed by atoms with van der Waals surface area (Å²) < 4.78 is 0.463. The molecule has 0 fully saturated rings. The first kappa shape index (κ1) is 9.47. The molecule has 0 aliphatic heterocycles. The normalized spacial score (nSPS) is 9.83. The van der Waals surface area contributed by atoms with Crippen LogP contribution < -0.4 is 5.32 Å². The summed E-state index contributed by atoms with van der Waals surface area (Å²) in [6, 6.07) is 0. The fourth-order valence-electron chi connectivity index (χ4n) is 0.707. The summed E-state index contributed by atoms with van der Waals surface area (Å²) in [5.41, 5.74) is 0. The summed E-state index contributed by atoms with van der Waals surface area (Å²) >= 11 is 6.38. The molecule has 0 aliphatic carbocycles. The minimum atomic E-state index is 0.463. The first-order chi connectivity index (χ1) is 5.76. The Morgan fingerprint density at radius 3 is 2.92 bits per heavy atom. The van der Waals surface area contributed by atoms with Gasteiger partial charge in [-0.3, -0.25) is 0 Å². The van der Waals surface area contributed by atoms with E-state index in [2.05, 4.69) is 20.3 Å². The van der Waals surface area contributed by atoms with Crippen LogP contribution in [0, 0.1) is 4.77 Å². The van der Waals surface area contributed by atoms with E-state index in [0.29, 0.717) is 15.9 Å². The molecular formula is C6H10N4S2. The molecule has 0 amide bonds. The van der Waals surface area contributed by atoms with Crippen molar-refractivity contribution in [1.82, 2.24) is 15.0 Å². The average molecular weight is 202 g/mol. The Labute approximate surface area is 80.2 Å². The van der Waals surface area contributed by atoms with Crippen LogP contribution in [0.5, 0.6) is 0 Å².